The average Bonchev–Trinajstić information content (AvgIpc) is 2.72. The van der Waals surface area contributed by atoms with Gasteiger partial charge in [0.25, 0.3) is 0 Å². The van der Waals surface area contributed by atoms with Gasteiger partial charge in [0, 0.05) is 17.6 Å². The predicted molar refractivity (Wildman–Crippen MR) is 59.9 cm³/mol. The van der Waals surface area contributed by atoms with Crippen LogP contribution in [0, 0.1) is 0 Å². The number of aromatic nitrogens is 1. The molecule has 0 spiro atoms. The molecular formula is C11H10BrNO. The summed E-state index contributed by atoms with van der Waals surface area (Å²) in [6.07, 6.45) is 1.84. The molecule has 0 aliphatic rings. The van der Waals surface area contributed by atoms with E-state index in [-0.39, 0.29) is 0 Å². The van der Waals surface area contributed by atoms with Crippen LogP contribution in [0.1, 0.15) is 5.56 Å². The van der Waals surface area contributed by atoms with Gasteiger partial charge in [-0.05, 0) is 23.8 Å². The quantitative estimate of drug-likeness (QED) is 0.827. The summed E-state index contributed by atoms with van der Waals surface area (Å²) in [4.78, 5) is 2.98. The normalized spacial score (nSPS) is 10.1. The zero-order valence-electron chi connectivity index (χ0n) is 7.53. The molecule has 0 fully saturated rings. The second-order valence-corrected chi connectivity index (χ2v) is 3.47. The number of ether oxygens (including phenoxy) is 1. The summed E-state index contributed by atoms with van der Waals surface area (Å²) in [5.41, 5.74) is 1.24. The van der Waals surface area contributed by atoms with Crippen molar-refractivity contribution in [1.29, 1.82) is 0 Å². The lowest BCUT2D eigenvalue weighted by Gasteiger charge is -2.03. The highest BCUT2D eigenvalue weighted by Gasteiger charge is 1.96. The highest BCUT2D eigenvalue weighted by atomic mass is 79.9. The number of H-pyrrole nitrogens is 1. The Labute approximate surface area is 91.0 Å². The van der Waals surface area contributed by atoms with E-state index in [2.05, 4.69) is 20.9 Å². The number of alkyl halides is 1. The zero-order chi connectivity index (χ0) is 9.80. The third-order valence-electron chi connectivity index (χ3n) is 1.87. The van der Waals surface area contributed by atoms with Crippen molar-refractivity contribution in [2.45, 2.75) is 5.33 Å². The van der Waals surface area contributed by atoms with Gasteiger partial charge < -0.3 is 9.72 Å². The van der Waals surface area contributed by atoms with E-state index in [9.17, 15) is 0 Å². The molecule has 0 atom stereocenters. The minimum Gasteiger partial charge on any atom is -0.441 e. The van der Waals surface area contributed by atoms with Crippen LogP contribution in [0.25, 0.3) is 0 Å². The fourth-order valence-electron chi connectivity index (χ4n) is 1.15. The van der Waals surface area contributed by atoms with E-state index in [1.54, 1.807) is 0 Å². The summed E-state index contributed by atoms with van der Waals surface area (Å²) in [5, 5.41) is 0.871. The number of halogens is 1. The van der Waals surface area contributed by atoms with Crippen LogP contribution in [0.3, 0.4) is 0 Å². The van der Waals surface area contributed by atoms with Crippen molar-refractivity contribution < 1.29 is 4.74 Å². The number of benzene rings is 1. The Morgan fingerprint density at radius 2 is 1.93 bits per heavy atom. The van der Waals surface area contributed by atoms with Crippen molar-refractivity contribution in [1.82, 2.24) is 4.98 Å². The van der Waals surface area contributed by atoms with Crippen LogP contribution in [0.15, 0.2) is 42.6 Å². The molecule has 1 aromatic carbocycles. The van der Waals surface area contributed by atoms with Crippen LogP contribution < -0.4 is 4.74 Å². The Kier molecular flexibility index (Phi) is 2.89. The first kappa shape index (κ1) is 9.34. The van der Waals surface area contributed by atoms with E-state index in [0.717, 1.165) is 17.0 Å². The molecule has 0 aliphatic heterocycles. The van der Waals surface area contributed by atoms with Crippen LogP contribution in [-0.2, 0) is 5.33 Å². The molecular weight excluding hydrogens is 242 g/mol. The van der Waals surface area contributed by atoms with Gasteiger partial charge in [-0.1, -0.05) is 28.1 Å². The summed E-state index contributed by atoms with van der Waals surface area (Å²) >= 11 is 3.40. The molecule has 0 aliphatic carbocycles. The third-order valence-corrected chi connectivity index (χ3v) is 2.52. The van der Waals surface area contributed by atoms with E-state index in [0.29, 0.717) is 0 Å². The van der Waals surface area contributed by atoms with Crippen LogP contribution in [0.2, 0.25) is 0 Å². The lowest BCUT2D eigenvalue weighted by atomic mass is 10.2. The van der Waals surface area contributed by atoms with E-state index in [1.165, 1.54) is 5.56 Å². The van der Waals surface area contributed by atoms with Crippen molar-refractivity contribution in [3.63, 3.8) is 0 Å². The molecule has 1 aromatic heterocycles. The maximum atomic E-state index is 5.55. The van der Waals surface area contributed by atoms with Gasteiger partial charge in [0.2, 0.25) is 0 Å². The molecule has 2 nitrogen and oxygen atoms in total. The number of aromatic amines is 1. The summed E-state index contributed by atoms with van der Waals surface area (Å²) in [5.74, 6) is 1.61. The Morgan fingerprint density at radius 3 is 2.50 bits per heavy atom. The minimum absolute atomic E-state index is 0.761. The van der Waals surface area contributed by atoms with Gasteiger partial charge in [-0.15, -0.1) is 0 Å². The molecule has 0 saturated carbocycles. The van der Waals surface area contributed by atoms with Crippen LogP contribution in [-0.4, -0.2) is 4.98 Å². The van der Waals surface area contributed by atoms with Gasteiger partial charge in [-0.25, -0.2) is 0 Å². The Balaban J connectivity index is 2.10. The lowest BCUT2D eigenvalue weighted by Crippen LogP contribution is -1.84. The first-order chi connectivity index (χ1) is 6.88. The topological polar surface area (TPSA) is 25.0 Å². The highest BCUT2D eigenvalue weighted by molar-refractivity contribution is 9.08. The van der Waals surface area contributed by atoms with E-state index in [4.69, 9.17) is 4.74 Å². The first-order valence-electron chi connectivity index (χ1n) is 4.34. The lowest BCUT2D eigenvalue weighted by molar-refractivity contribution is 0.466. The van der Waals surface area contributed by atoms with Gasteiger partial charge in [0.05, 0.1) is 0 Å². The van der Waals surface area contributed by atoms with Crippen LogP contribution in [0.5, 0.6) is 11.6 Å². The molecule has 72 valence electrons. The molecule has 2 aromatic rings. The van der Waals surface area contributed by atoms with E-state index in [1.807, 2.05) is 42.6 Å². The monoisotopic (exact) mass is 251 g/mol. The minimum atomic E-state index is 0.761. The summed E-state index contributed by atoms with van der Waals surface area (Å²) < 4.78 is 5.55. The highest BCUT2D eigenvalue weighted by Crippen LogP contribution is 2.20. The van der Waals surface area contributed by atoms with Gasteiger partial charge in [-0.2, -0.15) is 0 Å². The number of hydrogen-bond donors (Lipinski definition) is 1. The molecule has 0 amide bonds. The van der Waals surface area contributed by atoms with Crippen molar-refractivity contribution in [2.24, 2.45) is 0 Å². The van der Waals surface area contributed by atoms with E-state index < -0.39 is 0 Å². The Hall–Kier alpha value is -1.22. The second kappa shape index (κ2) is 4.33. The molecule has 0 radical (unpaired) electrons. The zero-order valence-corrected chi connectivity index (χ0v) is 9.12. The maximum absolute atomic E-state index is 5.55. The van der Waals surface area contributed by atoms with Crippen molar-refractivity contribution in [2.75, 3.05) is 0 Å². The van der Waals surface area contributed by atoms with Crippen molar-refractivity contribution in [3.05, 3.63) is 48.2 Å². The van der Waals surface area contributed by atoms with E-state index >= 15 is 0 Å². The van der Waals surface area contributed by atoms with Gasteiger partial charge in [0.15, 0.2) is 5.88 Å². The Morgan fingerprint density at radius 1 is 1.14 bits per heavy atom. The summed E-state index contributed by atoms with van der Waals surface area (Å²) in [7, 11) is 0. The number of hydrogen-bond acceptors (Lipinski definition) is 1. The maximum Gasteiger partial charge on any atom is 0.197 e. The standard InChI is InChI=1S/C11H10BrNO/c12-8-9-3-5-10(6-4-9)14-11-2-1-7-13-11/h1-7,13H,8H2. The molecule has 0 unspecified atom stereocenters. The number of nitrogens with one attached hydrogen (secondary N) is 1. The predicted octanol–water partition coefficient (Wildman–Crippen LogP) is 3.70. The average molecular weight is 252 g/mol. The molecule has 1 N–H and O–H groups in total. The fourth-order valence-corrected chi connectivity index (χ4v) is 1.52. The molecule has 2 rings (SSSR count). The molecule has 0 bridgehead atoms. The van der Waals surface area contributed by atoms with Crippen LogP contribution in [0.4, 0.5) is 0 Å². The third kappa shape index (κ3) is 2.17. The Bertz CT molecular complexity index is 380. The van der Waals surface area contributed by atoms with Gasteiger partial charge in [-0.3, -0.25) is 0 Å². The van der Waals surface area contributed by atoms with Crippen molar-refractivity contribution >= 4 is 15.9 Å². The molecule has 1 heterocycles. The van der Waals surface area contributed by atoms with Gasteiger partial charge in [0.1, 0.15) is 5.75 Å². The van der Waals surface area contributed by atoms with Gasteiger partial charge >= 0.3 is 0 Å². The first-order valence-corrected chi connectivity index (χ1v) is 5.47. The SMILES string of the molecule is BrCc1ccc(Oc2ccc[nH]2)cc1. The van der Waals surface area contributed by atoms with Crippen molar-refractivity contribution in [3.8, 4) is 11.6 Å². The smallest absolute Gasteiger partial charge is 0.197 e. The molecule has 0 saturated heterocycles. The summed E-state index contributed by atoms with van der Waals surface area (Å²) in [6.45, 7) is 0. The largest absolute Gasteiger partial charge is 0.441 e. The fraction of sp³-hybridized carbons (Fsp3) is 0.0909. The van der Waals surface area contributed by atoms with Crippen LogP contribution >= 0.6 is 15.9 Å². The second-order valence-electron chi connectivity index (χ2n) is 2.91. The number of rotatable bonds is 3. The molecule has 14 heavy (non-hydrogen) atoms. The molecule has 3 heteroatoms. The summed E-state index contributed by atoms with van der Waals surface area (Å²) in [6, 6.07) is 11.8.